The van der Waals surface area contributed by atoms with E-state index in [4.69, 9.17) is 5.11 Å². The molecule has 0 aromatic rings. The van der Waals surface area contributed by atoms with Gasteiger partial charge in [-0.1, -0.05) is 19.8 Å². The maximum absolute atomic E-state index is 11.8. The Morgan fingerprint density at radius 2 is 1.78 bits per heavy atom. The minimum atomic E-state index is -1.38. The molecule has 0 aromatic carbocycles. The number of carbonyl (C=O) groups excluding carboxylic acids is 1. The highest BCUT2D eigenvalue weighted by Crippen LogP contribution is 2.15. The molecule has 0 aromatic heterocycles. The molecule has 6 atom stereocenters. The number of nitrogens with one attached hydrogen (secondary N) is 2. The quantitative estimate of drug-likeness (QED) is 0.255. The Balaban J connectivity index is 2.34. The second-order valence-electron chi connectivity index (χ2n) is 6.17. The van der Waals surface area contributed by atoms with Gasteiger partial charge in [-0.05, 0) is 12.8 Å². The van der Waals surface area contributed by atoms with E-state index in [-0.39, 0.29) is 25.5 Å². The third-order valence-electron chi connectivity index (χ3n) is 4.26. The lowest BCUT2D eigenvalue weighted by atomic mass is 9.90. The van der Waals surface area contributed by atoms with Crippen LogP contribution in [0.2, 0.25) is 0 Å². The number of unbranched alkanes of at least 4 members (excludes halogenated alkanes) is 1. The van der Waals surface area contributed by atoms with Gasteiger partial charge in [0.15, 0.2) is 0 Å². The molecule has 7 N–H and O–H groups in total. The fourth-order valence-electron chi connectivity index (χ4n) is 2.68. The summed E-state index contributed by atoms with van der Waals surface area (Å²) in [6.45, 7) is 1.71. The summed E-state index contributed by atoms with van der Waals surface area (Å²) in [7, 11) is 0. The Hall–Kier alpha value is -0.770. The molecule has 1 aliphatic rings. The van der Waals surface area contributed by atoms with Gasteiger partial charge in [0.05, 0.1) is 37.0 Å². The average Bonchev–Trinajstić information content (AvgIpc) is 2.55. The van der Waals surface area contributed by atoms with Gasteiger partial charge in [0.1, 0.15) is 6.10 Å². The molecular formula is C15H30N2O6. The molecule has 1 heterocycles. The highest BCUT2D eigenvalue weighted by Gasteiger charge is 2.41. The number of carbonyl (C=O) groups is 1. The highest BCUT2D eigenvalue weighted by atomic mass is 16.4. The van der Waals surface area contributed by atoms with E-state index in [1.54, 1.807) is 0 Å². The van der Waals surface area contributed by atoms with Gasteiger partial charge >= 0.3 is 0 Å². The van der Waals surface area contributed by atoms with E-state index in [2.05, 4.69) is 10.6 Å². The monoisotopic (exact) mass is 334 g/mol. The van der Waals surface area contributed by atoms with Crippen molar-refractivity contribution < 1.29 is 30.3 Å². The van der Waals surface area contributed by atoms with Crippen molar-refractivity contribution in [2.45, 2.75) is 75.5 Å². The van der Waals surface area contributed by atoms with Crippen LogP contribution in [0.4, 0.5) is 0 Å². The molecule has 1 fully saturated rings. The van der Waals surface area contributed by atoms with Crippen LogP contribution in [0.15, 0.2) is 0 Å². The molecule has 8 nitrogen and oxygen atoms in total. The summed E-state index contributed by atoms with van der Waals surface area (Å²) in [5.41, 5.74) is 0. The van der Waals surface area contributed by atoms with Gasteiger partial charge in [0.2, 0.25) is 5.91 Å². The first kappa shape index (κ1) is 20.3. The van der Waals surface area contributed by atoms with Crippen molar-refractivity contribution in [3.05, 3.63) is 0 Å². The lowest BCUT2D eigenvalue weighted by Gasteiger charge is -2.41. The second kappa shape index (κ2) is 10.2. The van der Waals surface area contributed by atoms with Gasteiger partial charge in [-0.15, -0.1) is 0 Å². The molecule has 0 saturated carbocycles. The fourth-order valence-corrected chi connectivity index (χ4v) is 2.68. The summed E-state index contributed by atoms with van der Waals surface area (Å²) < 4.78 is 0. The predicted octanol–water partition coefficient (Wildman–Crippen LogP) is -2.15. The lowest BCUT2D eigenvalue weighted by molar-refractivity contribution is -0.126. The first-order valence-corrected chi connectivity index (χ1v) is 8.26. The van der Waals surface area contributed by atoms with Crippen molar-refractivity contribution >= 4 is 5.91 Å². The first-order chi connectivity index (χ1) is 10.9. The summed E-state index contributed by atoms with van der Waals surface area (Å²) in [6.07, 6.45) is -1.23. The van der Waals surface area contributed by atoms with E-state index in [0.29, 0.717) is 12.8 Å². The van der Waals surface area contributed by atoms with Crippen molar-refractivity contribution in [2.24, 2.45) is 0 Å². The van der Waals surface area contributed by atoms with Crippen molar-refractivity contribution in [1.29, 1.82) is 0 Å². The number of rotatable bonds is 9. The van der Waals surface area contributed by atoms with Gasteiger partial charge in [-0.2, -0.15) is 0 Å². The molecule has 0 bridgehead atoms. The van der Waals surface area contributed by atoms with E-state index in [0.717, 1.165) is 12.8 Å². The Morgan fingerprint density at radius 3 is 2.39 bits per heavy atom. The van der Waals surface area contributed by atoms with Crippen molar-refractivity contribution in [2.75, 3.05) is 13.2 Å². The minimum absolute atomic E-state index is 0.0608. The van der Waals surface area contributed by atoms with Crippen LogP contribution in [0.3, 0.4) is 0 Å². The largest absolute Gasteiger partial charge is 0.395 e. The molecule has 0 aliphatic carbocycles. The second-order valence-corrected chi connectivity index (χ2v) is 6.17. The smallest absolute Gasteiger partial charge is 0.220 e. The normalized spacial score (nSPS) is 32.5. The maximum Gasteiger partial charge on any atom is 0.220 e. The Labute approximate surface area is 136 Å². The molecule has 2 unspecified atom stereocenters. The molecule has 0 radical (unpaired) electrons. The molecule has 8 heteroatoms. The number of hydrogen-bond acceptors (Lipinski definition) is 7. The van der Waals surface area contributed by atoms with Crippen LogP contribution in [0.1, 0.15) is 39.0 Å². The van der Waals surface area contributed by atoms with Gasteiger partial charge in [0, 0.05) is 13.0 Å². The van der Waals surface area contributed by atoms with Crippen LogP contribution in [-0.4, -0.2) is 81.1 Å². The van der Waals surface area contributed by atoms with Crippen LogP contribution in [0.5, 0.6) is 0 Å². The lowest BCUT2D eigenvalue weighted by Crippen LogP contribution is -2.68. The van der Waals surface area contributed by atoms with Crippen molar-refractivity contribution in [1.82, 2.24) is 10.6 Å². The molecule has 1 aliphatic heterocycles. The fraction of sp³-hybridized carbons (Fsp3) is 0.933. The van der Waals surface area contributed by atoms with E-state index in [1.807, 2.05) is 6.92 Å². The summed E-state index contributed by atoms with van der Waals surface area (Å²) >= 11 is 0. The van der Waals surface area contributed by atoms with Crippen LogP contribution >= 0.6 is 0 Å². The molecule has 23 heavy (non-hydrogen) atoms. The van der Waals surface area contributed by atoms with E-state index >= 15 is 0 Å². The zero-order valence-electron chi connectivity index (χ0n) is 13.6. The van der Waals surface area contributed by atoms with E-state index < -0.39 is 36.5 Å². The zero-order chi connectivity index (χ0) is 17.4. The number of hydrogen-bond donors (Lipinski definition) is 7. The maximum atomic E-state index is 11.8. The number of aliphatic hydroxyl groups is 5. The van der Waals surface area contributed by atoms with Crippen molar-refractivity contribution in [3.8, 4) is 0 Å². The molecule has 136 valence electrons. The highest BCUT2D eigenvalue weighted by molar-refractivity contribution is 5.75. The topological polar surface area (TPSA) is 142 Å². The van der Waals surface area contributed by atoms with Gasteiger partial charge in [-0.3, -0.25) is 4.79 Å². The molecule has 1 amide bonds. The van der Waals surface area contributed by atoms with Crippen molar-refractivity contribution in [3.63, 3.8) is 0 Å². The summed E-state index contributed by atoms with van der Waals surface area (Å²) in [6, 6.07) is -1.43. The first-order valence-electron chi connectivity index (χ1n) is 8.26. The number of aliphatic hydroxyl groups excluding tert-OH is 5. The van der Waals surface area contributed by atoms with E-state index in [1.165, 1.54) is 0 Å². The third-order valence-corrected chi connectivity index (χ3v) is 4.26. The summed E-state index contributed by atoms with van der Waals surface area (Å²) in [5.74, 6) is -0.254. The molecule has 1 saturated heterocycles. The summed E-state index contributed by atoms with van der Waals surface area (Å²) in [4.78, 5) is 11.8. The van der Waals surface area contributed by atoms with Gasteiger partial charge in [-0.25, -0.2) is 0 Å². The molecular weight excluding hydrogens is 304 g/mol. The van der Waals surface area contributed by atoms with Crippen LogP contribution in [-0.2, 0) is 4.79 Å². The van der Waals surface area contributed by atoms with Gasteiger partial charge < -0.3 is 36.2 Å². The Kier molecular flexibility index (Phi) is 8.96. The van der Waals surface area contributed by atoms with Crippen LogP contribution in [0.25, 0.3) is 0 Å². The van der Waals surface area contributed by atoms with Crippen LogP contribution in [0, 0.1) is 0 Å². The van der Waals surface area contributed by atoms with Gasteiger partial charge in [0.25, 0.3) is 0 Å². The average molecular weight is 334 g/mol. The number of amides is 1. The Bertz CT molecular complexity index is 355. The predicted molar refractivity (Wildman–Crippen MR) is 83.6 cm³/mol. The molecule has 0 spiro atoms. The van der Waals surface area contributed by atoms with E-state index in [9.17, 15) is 25.2 Å². The number of piperidine rings is 1. The molecule has 1 rings (SSSR count). The third kappa shape index (κ3) is 6.33. The standard InChI is InChI=1S/C15H30N2O6/c1-2-3-4-9(19)5-6-12(20)16-7-10-13(21)15(23)14(22)11(8-18)17-10/h9-11,13-15,17-19,21-23H,2-8H2,1H3,(H,16,20)/t9?,10-,11?,13+,14-,15-/m1/s1. The minimum Gasteiger partial charge on any atom is -0.395 e. The summed E-state index contributed by atoms with van der Waals surface area (Å²) in [5, 5.41) is 53.6. The Morgan fingerprint density at radius 1 is 1.13 bits per heavy atom. The SMILES string of the molecule is CCCCC(O)CCC(=O)NC[C@H]1NC(CO)[C@@H](O)[C@H](O)[C@H]1O. The zero-order valence-corrected chi connectivity index (χ0v) is 13.6. The van der Waals surface area contributed by atoms with Crippen LogP contribution < -0.4 is 10.6 Å².